The molecule has 0 bridgehead atoms. The second-order valence-corrected chi connectivity index (χ2v) is 5.92. The first-order chi connectivity index (χ1) is 7.26. The Morgan fingerprint density at radius 1 is 1.07 bits per heavy atom. The van der Waals surface area contributed by atoms with E-state index < -0.39 is 0 Å². The molecule has 1 aliphatic carbocycles. The second kappa shape index (κ2) is 3.44. The summed E-state index contributed by atoms with van der Waals surface area (Å²) in [6.45, 7) is 5.93. The van der Waals surface area contributed by atoms with E-state index in [9.17, 15) is 5.11 Å². The van der Waals surface area contributed by atoms with Crippen molar-refractivity contribution in [2.24, 2.45) is 10.8 Å². The third-order valence-corrected chi connectivity index (χ3v) is 4.52. The van der Waals surface area contributed by atoms with E-state index in [-0.39, 0.29) is 0 Å². The molecule has 1 spiro atoms. The van der Waals surface area contributed by atoms with Crippen LogP contribution in [0.1, 0.15) is 25.7 Å². The van der Waals surface area contributed by atoms with Gasteiger partial charge in [-0.25, -0.2) is 0 Å². The average Bonchev–Trinajstić information content (AvgIpc) is 2.98. The molecule has 0 unspecified atom stereocenters. The molecule has 2 aliphatic heterocycles. The van der Waals surface area contributed by atoms with Crippen LogP contribution in [0.4, 0.5) is 0 Å². The maximum Gasteiger partial charge on any atom is 0.0499 e. The van der Waals surface area contributed by atoms with Gasteiger partial charge < -0.3 is 14.7 Å². The highest BCUT2D eigenvalue weighted by Crippen LogP contribution is 2.49. The van der Waals surface area contributed by atoms with E-state index in [0.29, 0.717) is 17.4 Å². The van der Waals surface area contributed by atoms with E-state index in [4.69, 9.17) is 4.74 Å². The highest BCUT2D eigenvalue weighted by atomic mass is 16.5. The number of rotatable bonds is 3. The summed E-state index contributed by atoms with van der Waals surface area (Å²) in [4.78, 5) is 2.54. The van der Waals surface area contributed by atoms with Gasteiger partial charge in [-0.2, -0.15) is 0 Å². The summed E-state index contributed by atoms with van der Waals surface area (Å²) in [6, 6.07) is 0. The third-order valence-electron chi connectivity index (χ3n) is 4.52. The lowest BCUT2D eigenvalue weighted by Gasteiger charge is -2.53. The van der Waals surface area contributed by atoms with Crippen LogP contribution in [0.3, 0.4) is 0 Å². The molecule has 15 heavy (non-hydrogen) atoms. The zero-order valence-corrected chi connectivity index (χ0v) is 9.37. The van der Waals surface area contributed by atoms with Crippen molar-refractivity contribution in [3.63, 3.8) is 0 Å². The Morgan fingerprint density at radius 2 is 1.73 bits per heavy atom. The fraction of sp³-hybridized carbons (Fsp3) is 1.00. The quantitative estimate of drug-likeness (QED) is 0.752. The van der Waals surface area contributed by atoms with Gasteiger partial charge in [0.2, 0.25) is 0 Å². The number of aliphatic hydroxyl groups is 1. The van der Waals surface area contributed by atoms with Crippen LogP contribution < -0.4 is 0 Å². The lowest BCUT2D eigenvalue weighted by molar-refractivity contribution is -0.0888. The Morgan fingerprint density at radius 3 is 2.27 bits per heavy atom. The van der Waals surface area contributed by atoms with Crippen molar-refractivity contribution in [1.82, 2.24) is 4.90 Å². The van der Waals surface area contributed by atoms with Gasteiger partial charge in [-0.15, -0.1) is 0 Å². The van der Waals surface area contributed by atoms with Crippen molar-refractivity contribution in [2.45, 2.75) is 25.7 Å². The van der Waals surface area contributed by atoms with E-state index in [2.05, 4.69) is 4.90 Å². The summed E-state index contributed by atoms with van der Waals surface area (Å²) in [5, 5.41) is 9.28. The monoisotopic (exact) mass is 211 g/mol. The number of aliphatic hydroxyl groups excluding tert-OH is 1. The van der Waals surface area contributed by atoms with Gasteiger partial charge in [0.05, 0.1) is 0 Å². The Hall–Kier alpha value is -0.120. The minimum absolute atomic E-state index is 0.298. The number of hydrogen-bond donors (Lipinski definition) is 1. The molecule has 2 heterocycles. The number of ether oxygens (including phenoxy) is 1. The van der Waals surface area contributed by atoms with Gasteiger partial charge in [-0.3, -0.25) is 0 Å². The highest BCUT2D eigenvalue weighted by Gasteiger charge is 2.49. The number of hydrogen-bond acceptors (Lipinski definition) is 3. The van der Waals surface area contributed by atoms with Crippen LogP contribution in [-0.4, -0.2) is 49.5 Å². The Labute approximate surface area is 91.4 Å². The predicted octanol–water partition coefficient (Wildman–Crippen LogP) is 0.871. The van der Waals surface area contributed by atoms with Gasteiger partial charge in [0.1, 0.15) is 0 Å². The second-order valence-electron chi connectivity index (χ2n) is 5.92. The fourth-order valence-corrected chi connectivity index (χ4v) is 3.15. The zero-order valence-electron chi connectivity index (χ0n) is 9.37. The third kappa shape index (κ3) is 1.81. The van der Waals surface area contributed by atoms with Crippen molar-refractivity contribution < 1.29 is 9.84 Å². The van der Waals surface area contributed by atoms with E-state index in [1.807, 2.05) is 0 Å². The zero-order chi connectivity index (χ0) is 10.4. The molecule has 0 amide bonds. The first-order valence-electron chi connectivity index (χ1n) is 6.17. The molecule has 0 aromatic heterocycles. The van der Waals surface area contributed by atoms with Crippen LogP contribution in [0.15, 0.2) is 0 Å². The minimum Gasteiger partial charge on any atom is -0.396 e. The first-order valence-corrected chi connectivity index (χ1v) is 6.17. The molecule has 3 fully saturated rings. The summed E-state index contributed by atoms with van der Waals surface area (Å²) in [6.07, 6.45) is 4.96. The highest BCUT2D eigenvalue weighted by molar-refractivity contribution is 5.02. The van der Waals surface area contributed by atoms with Gasteiger partial charge in [0.25, 0.3) is 0 Å². The molecule has 0 radical (unpaired) electrons. The molecule has 3 heteroatoms. The molecule has 86 valence electrons. The topological polar surface area (TPSA) is 32.7 Å². The van der Waals surface area contributed by atoms with Gasteiger partial charge in [0, 0.05) is 50.3 Å². The number of likely N-dealkylation sites (tertiary alicyclic amines) is 1. The first kappa shape index (κ1) is 10.1. The molecule has 3 aliphatic rings. The predicted molar refractivity (Wildman–Crippen MR) is 57.7 cm³/mol. The van der Waals surface area contributed by atoms with Crippen LogP contribution in [0, 0.1) is 10.8 Å². The summed E-state index contributed by atoms with van der Waals surface area (Å²) >= 11 is 0. The van der Waals surface area contributed by atoms with Crippen LogP contribution in [-0.2, 0) is 4.74 Å². The van der Waals surface area contributed by atoms with Crippen LogP contribution in [0.5, 0.6) is 0 Å². The SMILES string of the molecule is OCC1(CN2CC3(CCOCC3)C2)CC1. The maximum atomic E-state index is 9.28. The molecule has 0 aromatic rings. The minimum atomic E-state index is 0.298. The van der Waals surface area contributed by atoms with Crippen molar-refractivity contribution >= 4 is 0 Å². The summed E-state index contributed by atoms with van der Waals surface area (Å²) in [7, 11) is 0. The lowest BCUT2D eigenvalue weighted by Crippen LogP contribution is -2.59. The van der Waals surface area contributed by atoms with Crippen LogP contribution in [0.2, 0.25) is 0 Å². The van der Waals surface area contributed by atoms with Gasteiger partial charge in [0.15, 0.2) is 0 Å². The fourth-order valence-electron chi connectivity index (χ4n) is 3.15. The largest absolute Gasteiger partial charge is 0.396 e. The normalized spacial score (nSPS) is 32.6. The number of nitrogens with zero attached hydrogens (tertiary/aromatic N) is 1. The maximum absolute atomic E-state index is 9.28. The van der Waals surface area contributed by atoms with Crippen LogP contribution in [0.25, 0.3) is 0 Å². The molecule has 1 saturated carbocycles. The van der Waals surface area contributed by atoms with Crippen molar-refractivity contribution in [2.75, 3.05) is 39.5 Å². The Bertz CT molecular complexity index is 236. The van der Waals surface area contributed by atoms with Crippen molar-refractivity contribution in [3.05, 3.63) is 0 Å². The molecule has 1 N–H and O–H groups in total. The molecule has 3 nitrogen and oxygen atoms in total. The molecular formula is C12H21NO2. The van der Waals surface area contributed by atoms with Gasteiger partial charge in [-0.05, 0) is 25.7 Å². The van der Waals surface area contributed by atoms with E-state index >= 15 is 0 Å². The standard InChI is InChI=1S/C12H21NO2/c14-10-12(1-2-12)9-13-7-11(8-13)3-5-15-6-4-11/h14H,1-10H2. The van der Waals surface area contributed by atoms with Crippen molar-refractivity contribution in [3.8, 4) is 0 Å². The van der Waals surface area contributed by atoms with E-state index in [1.54, 1.807) is 0 Å². The van der Waals surface area contributed by atoms with Crippen LogP contribution >= 0.6 is 0 Å². The summed E-state index contributed by atoms with van der Waals surface area (Å²) < 4.78 is 5.41. The van der Waals surface area contributed by atoms with Gasteiger partial charge in [-0.1, -0.05) is 0 Å². The molecule has 3 rings (SSSR count). The smallest absolute Gasteiger partial charge is 0.0499 e. The van der Waals surface area contributed by atoms with E-state index in [1.165, 1.54) is 38.8 Å². The van der Waals surface area contributed by atoms with E-state index in [0.717, 1.165) is 19.8 Å². The van der Waals surface area contributed by atoms with Crippen molar-refractivity contribution in [1.29, 1.82) is 0 Å². The Balaban J connectivity index is 1.49. The Kier molecular flexibility index (Phi) is 2.31. The molecule has 2 saturated heterocycles. The van der Waals surface area contributed by atoms with Gasteiger partial charge >= 0.3 is 0 Å². The molecular weight excluding hydrogens is 190 g/mol. The summed E-state index contributed by atoms with van der Waals surface area (Å²) in [5.41, 5.74) is 0.885. The molecule has 0 atom stereocenters. The molecule has 0 aromatic carbocycles. The average molecular weight is 211 g/mol. The summed E-state index contributed by atoms with van der Waals surface area (Å²) in [5.74, 6) is 0. The lowest BCUT2D eigenvalue weighted by atomic mass is 9.73.